The highest BCUT2D eigenvalue weighted by Crippen LogP contribution is 2.40. The molecule has 0 aliphatic carbocycles. The average molecular weight is 622 g/mol. The predicted molar refractivity (Wildman–Crippen MR) is 161 cm³/mol. The van der Waals surface area contributed by atoms with Crippen molar-refractivity contribution in [3.8, 4) is 0 Å². The SMILES string of the molecule is CC1(C)CC(C(c2ccc(Cl)cc2)[C@H](N)C(=O)Nc2cncc(F)c2CC[C@H]2CN[C@@H]3CCCS(=O)(=O)N2C3)CCO1. The lowest BCUT2D eigenvalue weighted by Crippen LogP contribution is -2.57. The number of nitrogens with zero attached hydrogens (tertiary/aromatic N) is 2. The average Bonchev–Trinajstić information content (AvgIpc) is 3.05. The second kappa shape index (κ2) is 12.8. The van der Waals surface area contributed by atoms with Crippen LogP contribution in [0.5, 0.6) is 0 Å². The molecule has 0 saturated carbocycles. The highest BCUT2D eigenvalue weighted by molar-refractivity contribution is 7.89. The van der Waals surface area contributed by atoms with Gasteiger partial charge in [0, 0.05) is 48.3 Å². The zero-order valence-corrected chi connectivity index (χ0v) is 25.8. The smallest absolute Gasteiger partial charge is 0.241 e. The summed E-state index contributed by atoms with van der Waals surface area (Å²) in [6.45, 7) is 5.57. The van der Waals surface area contributed by atoms with Gasteiger partial charge in [-0.25, -0.2) is 12.8 Å². The minimum atomic E-state index is -3.37. The van der Waals surface area contributed by atoms with Crippen molar-refractivity contribution in [2.45, 2.75) is 82.0 Å². The number of carbonyl (C=O) groups is 1. The maximum absolute atomic E-state index is 15.1. The van der Waals surface area contributed by atoms with Crippen molar-refractivity contribution in [2.24, 2.45) is 11.7 Å². The molecule has 1 aromatic heterocycles. The number of fused-ring (bicyclic) bond motifs is 2. The number of hydrogen-bond acceptors (Lipinski definition) is 7. The molecule has 3 saturated heterocycles. The van der Waals surface area contributed by atoms with Crippen LogP contribution in [0.4, 0.5) is 10.1 Å². The van der Waals surface area contributed by atoms with Crippen molar-refractivity contribution < 1.29 is 22.3 Å². The molecule has 2 bridgehead atoms. The summed E-state index contributed by atoms with van der Waals surface area (Å²) in [6.07, 6.45) is 6.10. The van der Waals surface area contributed by atoms with Crippen LogP contribution in [0.25, 0.3) is 0 Å². The standard InChI is InChI=1S/C30H41ClFN5O4S/c1-30(2)14-20(11-12-41-30)27(19-5-7-21(31)8-6-19)28(33)29(38)36-26-17-34-16-25(32)24(26)10-9-23-15-35-22-4-3-13-42(39,40)37(23)18-22/h5-8,16-17,20,22-23,27-28,35H,3-4,9-15,18,33H2,1-2H3,(H,36,38)/t20?,22-,23+,27?,28+/m1/s1. The number of rotatable bonds is 8. The van der Waals surface area contributed by atoms with Crippen molar-refractivity contribution in [2.75, 3.05) is 30.8 Å². The van der Waals surface area contributed by atoms with Gasteiger partial charge < -0.3 is 21.1 Å². The third kappa shape index (κ3) is 7.14. The number of aromatic nitrogens is 1. The molecule has 4 N–H and O–H groups in total. The molecule has 0 radical (unpaired) electrons. The van der Waals surface area contributed by atoms with E-state index in [-0.39, 0.29) is 52.9 Å². The highest BCUT2D eigenvalue weighted by Gasteiger charge is 2.40. The fourth-order valence-corrected chi connectivity index (χ4v) is 8.73. The quantitative estimate of drug-likeness (QED) is 0.409. The fourth-order valence-electron chi connectivity index (χ4n) is 6.80. The van der Waals surface area contributed by atoms with E-state index in [2.05, 4.69) is 15.6 Å². The number of piperazine rings is 1. The molecule has 4 heterocycles. The lowest BCUT2D eigenvalue weighted by atomic mass is 9.73. The summed E-state index contributed by atoms with van der Waals surface area (Å²) >= 11 is 6.15. The van der Waals surface area contributed by atoms with Crippen LogP contribution in [-0.4, -0.2) is 72.8 Å². The van der Waals surface area contributed by atoms with Crippen molar-refractivity contribution in [1.29, 1.82) is 0 Å². The molecule has 5 rings (SSSR count). The number of carbonyl (C=O) groups excluding carboxylic acids is 1. The second-order valence-electron chi connectivity index (χ2n) is 12.4. The van der Waals surface area contributed by atoms with Gasteiger partial charge in [-0.2, -0.15) is 4.31 Å². The van der Waals surface area contributed by atoms with Gasteiger partial charge in [0.1, 0.15) is 5.82 Å². The van der Waals surface area contributed by atoms with Crippen LogP contribution in [0.3, 0.4) is 0 Å². The number of nitrogens with one attached hydrogen (secondary N) is 2. The molecule has 230 valence electrons. The Hall–Kier alpha value is -2.15. The van der Waals surface area contributed by atoms with Crippen LogP contribution in [-0.2, 0) is 26.0 Å². The Morgan fingerprint density at radius 2 is 2.05 bits per heavy atom. The Morgan fingerprint density at radius 1 is 1.29 bits per heavy atom. The van der Waals surface area contributed by atoms with Gasteiger partial charge in [-0.3, -0.25) is 9.78 Å². The van der Waals surface area contributed by atoms with Crippen LogP contribution in [0, 0.1) is 11.7 Å². The van der Waals surface area contributed by atoms with E-state index >= 15 is 4.39 Å². The highest BCUT2D eigenvalue weighted by atomic mass is 35.5. The van der Waals surface area contributed by atoms with Crippen LogP contribution in [0.2, 0.25) is 5.02 Å². The molecular formula is C30H41ClFN5O4S. The number of sulfonamides is 1. The van der Waals surface area contributed by atoms with Crippen LogP contribution < -0.4 is 16.4 Å². The number of hydrogen-bond donors (Lipinski definition) is 3. The van der Waals surface area contributed by atoms with Crippen molar-refractivity contribution >= 4 is 33.2 Å². The van der Waals surface area contributed by atoms with E-state index < -0.39 is 27.8 Å². The number of anilines is 1. The van der Waals surface area contributed by atoms with Crippen molar-refractivity contribution in [1.82, 2.24) is 14.6 Å². The summed E-state index contributed by atoms with van der Waals surface area (Å²) in [6, 6.07) is 6.30. The Kier molecular flexibility index (Phi) is 9.56. The molecule has 9 nitrogen and oxygen atoms in total. The summed E-state index contributed by atoms with van der Waals surface area (Å²) in [5.41, 5.74) is 7.79. The zero-order valence-electron chi connectivity index (χ0n) is 24.2. The van der Waals surface area contributed by atoms with Crippen LogP contribution in [0.1, 0.15) is 63.0 Å². The minimum absolute atomic E-state index is 0.0824. The number of benzene rings is 1. The molecule has 6 atom stereocenters. The Bertz CT molecular complexity index is 1380. The molecule has 3 fully saturated rings. The molecule has 42 heavy (non-hydrogen) atoms. The first kappa shape index (κ1) is 31.3. The predicted octanol–water partition coefficient (Wildman–Crippen LogP) is 3.83. The summed E-state index contributed by atoms with van der Waals surface area (Å²) < 4.78 is 48.4. The molecule has 3 aliphatic rings. The van der Waals surface area contributed by atoms with Crippen LogP contribution >= 0.6 is 11.6 Å². The van der Waals surface area contributed by atoms with Gasteiger partial charge in [-0.1, -0.05) is 23.7 Å². The van der Waals surface area contributed by atoms with E-state index in [1.54, 1.807) is 16.4 Å². The molecule has 0 spiro atoms. The fraction of sp³-hybridized carbons (Fsp3) is 0.600. The Balaban J connectivity index is 1.34. The number of nitrogens with two attached hydrogens (primary N) is 1. The summed E-state index contributed by atoms with van der Waals surface area (Å²) in [4.78, 5) is 17.7. The first-order valence-electron chi connectivity index (χ1n) is 14.7. The van der Waals surface area contributed by atoms with Gasteiger partial charge in [-0.05, 0) is 76.0 Å². The lowest BCUT2D eigenvalue weighted by Gasteiger charge is -2.41. The van der Waals surface area contributed by atoms with E-state index in [0.29, 0.717) is 37.6 Å². The van der Waals surface area contributed by atoms with Gasteiger partial charge in [0.05, 0.1) is 35.5 Å². The maximum Gasteiger partial charge on any atom is 0.241 e. The first-order chi connectivity index (χ1) is 19.9. The van der Waals surface area contributed by atoms with Crippen molar-refractivity contribution in [3.05, 3.63) is 58.6 Å². The molecular weight excluding hydrogens is 581 g/mol. The minimum Gasteiger partial charge on any atom is -0.376 e. The molecule has 1 aromatic carbocycles. The van der Waals surface area contributed by atoms with E-state index in [4.69, 9.17) is 22.1 Å². The van der Waals surface area contributed by atoms with E-state index in [1.807, 2.05) is 26.0 Å². The number of ether oxygens (including phenoxy) is 1. The summed E-state index contributed by atoms with van der Waals surface area (Å²) in [5.74, 6) is -1.10. The number of pyridine rings is 1. The lowest BCUT2D eigenvalue weighted by molar-refractivity contribution is -0.119. The number of halogens is 2. The second-order valence-corrected chi connectivity index (χ2v) is 14.9. The third-order valence-electron chi connectivity index (χ3n) is 8.94. The van der Waals surface area contributed by atoms with Gasteiger partial charge in [0.25, 0.3) is 0 Å². The summed E-state index contributed by atoms with van der Waals surface area (Å²) in [7, 11) is -3.37. The molecule has 3 aliphatic heterocycles. The normalized spacial score (nSPS) is 28.3. The van der Waals surface area contributed by atoms with E-state index in [0.717, 1.165) is 31.0 Å². The molecule has 12 heteroatoms. The zero-order chi connectivity index (χ0) is 30.1. The van der Waals surface area contributed by atoms with Crippen molar-refractivity contribution in [3.63, 3.8) is 0 Å². The molecule has 3 unspecified atom stereocenters. The van der Waals surface area contributed by atoms with E-state index in [1.165, 1.54) is 6.20 Å². The molecule has 2 aromatic rings. The Labute approximate surface area is 252 Å². The monoisotopic (exact) mass is 621 g/mol. The Morgan fingerprint density at radius 3 is 2.79 bits per heavy atom. The third-order valence-corrected chi connectivity index (χ3v) is 11.2. The van der Waals surface area contributed by atoms with Gasteiger partial charge in [-0.15, -0.1) is 0 Å². The van der Waals surface area contributed by atoms with Gasteiger partial charge >= 0.3 is 0 Å². The van der Waals surface area contributed by atoms with E-state index in [9.17, 15) is 13.2 Å². The first-order valence-corrected chi connectivity index (χ1v) is 16.7. The van der Waals surface area contributed by atoms with Gasteiger partial charge in [0.2, 0.25) is 15.9 Å². The maximum atomic E-state index is 15.1. The number of amides is 1. The largest absolute Gasteiger partial charge is 0.376 e. The van der Waals surface area contributed by atoms with Gasteiger partial charge in [0.15, 0.2) is 0 Å². The topological polar surface area (TPSA) is 127 Å². The van der Waals surface area contributed by atoms with Crippen LogP contribution in [0.15, 0.2) is 36.7 Å². The molecule has 1 amide bonds. The summed E-state index contributed by atoms with van der Waals surface area (Å²) in [5, 5.41) is 6.89.